The number of alkyl halides is 1. The molecule has 0 aliphatic carbocycles. The van der Waals surface area contributed by atoms with Gasteiger partial charge in [0, 0.05) is 17.2 Å². The van der Waals surface area contributed by atoms with E-state index in [0.29, 0.717) is 5.92 Å². The van der Waals surface area contributed by atoms with Gasteiger partial charge in [0.1, 0.15) is 0 Å². The van der Waals surface area contributed by atoms with Crippen molar-refractivity contribution in [3.05, 3.63) is 16.1 Å². The predicted molar refractivity (Wildman–Crippen MR) is 55.2 cm³/mol. The van der Waals surface area contributed by atoms with Crippen LogP contribution in [0, 0.1) is 0 Å². The minimum Gasteiger partial charge on any atom is -0.246 e. The van der Waals surface area contributed by atoms with Crippen molar-refractivity contribution in [2.45, 2.75) is 32.6 Å². The Bertz CT molecular complexity index is 232. The maximum atomic E-state index is 5.60. The summed E-state index contributed by atoms with van der Waals surface area (Å²) in [6.07, 6.45) is 2.05. The lowest BCUT2D eigenvalue weighted by molar-refractivity contribution is 0.824. The molecule has 12 heavy (non-hydrogen) atoms. The Morgan fingerprint density at radius 3 is 2.83 bits per heavy atom. The van der Waals surface area contributed by atoms with E-state index in [-0.39, 0.29) is 0 Å². The third-order valence-corrected chi connectivity index (χ3v) is 3.09. The van der Waals surface area contributed by atoms with Crippen LogP contribution < -0.4 is 0 Å². The van der Waals surface area contributed by atoms with Crippen LogP contribution in [0.15, 0.2) is 5.38 Å². The van der Waals surface area contributed by atoms with Gasteiger partial charge in [0.2, 0.25) is 0 Å². The van der Waals surface area contributed by atoms with Crippen molar-refractivity contribution in [2.75, 3.05) is 5.88 Å². The van der Waals surface area contributed by atoms with Gasteiger partial charge in [0.15, 0.2) is 0 Å². The van der Waals surface area contributed by atoms with Crippen molar-refractivity contribution in [3.63, 3.8) is 0 Å². The minimum atomic E-state index is 0.555. The van der Waals surface area contributed by atoms with E-state index in [2.05, 4.69) is 24.2 Å². The summed E-state index contributed by atoms with van der Waals surface area (Å²) in [7, 11) is 0. The molecule has 0 bridgehead atoms. The van der Waals surface area contributed by atoms with Gasteiger partial charge in [0.05, 0.1) is 10.7 Å². The summed E-state index contributed by atoms with van der Waals surface area (Å²) in [5, 5.41) is 3.38. The Kier molecular flexibility index (Phi) is 4.02. The zero-order valence-electron chi connectivity index (χ0n) is 7.51. The van der Waals surface area contributed by atoms with Crippen LogP contribution in [0.1, 0.15) is 36.9 Å². The van der Waals surface area contributed by atoms with E-state index in [4.69, 9.17) is 11.6 Å². The molecule has 0 fully saturated rings. The zero-order valence-corrected chi connectivity index (χ0v) is 9.08. The number of nitrogens with zero attached hydrogens (tertiary/aromatic N) is 1. The largest absolute Gasteiger partial charge is 0.246 e. The molecule has 0 amide bonds. The molecule has 68 valence electrons. The van der Waals surface area contributed by atoms with E-state index in [9.17, 15) is 0 Å². The fraction of sp³-hybridized carbons (Fsp3) is 0.667. The molecule has 0 saturated heterocycles. The monoisotopic (exact) mass is 203 g/mol. The van der Waals surface area contributed by atoms with Crippen molar-refractivity contribution in [2.24, 2.45) is 0 Å². The highest BCUT2D eigenvalue weighted by molar-refractivity contribution is 7.09. The van der Waals surface area contributed by atoms with Crippen LogP contribution in [0.2, 0.25) is 0 Å². The first kappa shape index (κ1) is 10.0. The average molecular weight is 204 g/mol. The van der Waals surface area contributed by atoms with E-state index < -0.39 is 0 Å². The number of aromatic nitrogens is 1. The first-order chi connectivity index (χ1) is 5.74. The van der Waals surface area contributed by atoms with E-state index in [0.717, 1.165) is 18.7 Å². The van der Waals surface area contributed by atoms with Gasteiger partial charge >= 0.3 is 0 Å². The molecule has 0 aliphatic heterocycles. The Balaban J connectivity index is 2.52. The van der Waals surface area contributed by atoms with Crippen LogP contribution in [0.25, 0.3) is 0 Å². The molecule has 0 unspecified atom stereocenters. The van der Waals surface area contributed by atoms with Crippen molar-refractivity contribution in [1.29, 1.82) is 0 Å². The number of hydrogen-bond acceptors (Lipinski definition) is 2. The summed E-state index contributed by atoms with van der Waals surface area (Å²) in [5.41, 5.74) is 1.20. The maximum absolute atomic E-state index is 5.60. The second kappa shape index (κ2) is 4.83. The summed E-state index contributed by atoms with van der Waals surface area (Å²) < 4.78 is 0. The molecular formula is C9H14ClNS. The quantitative estimate of drug-likeness (QED) is 0.684. The van der Waals surface area contributed by atoms with Crippen LogP contribution >= 0.6 is 22.9 Å². The van der Waals surface area contributed by atoms with E-state index in [1.807, 2.05) is 0 Å². The summed E-state index contributed by atoms with van der Waals surface area (Å²) >= 11 is 7.35. The van der Waals surface area contributed by atoms with Crippen molar-refractivity contribution in [1.82, 2.24) is 4.98 Å². The van der Waals surface area contributed by atoms with E-state index in [1.54, 1.807) is 11.3 Å². The molecule has 0 aromatic carbocycles. The summed E-state index contributed by atoms with van der Waals surface area (Å²) in [6, 6.07) is 0. The molecule has 0 N–H and O–H groups in total. The SMILES string of the molecule is CC(C)c1nc(CCCCl)cs1. The van der Waals surface area contributed by atoms with Crippen LogP contribution in [-0.4, -0.2) is 10.9 Å². The highest BCUT2D eigenvalue weighted by Crippen LogP contribution is 2.19. The van der Waals surface area contributed by atoms with Gasteiger partial charge in [-0.05, 0) is 12.8 Å². The fourth-order valence-corrected chi connectivity index (χ4v) is 1.95. The Morgan fingerprint density at radius 1 is 1.58 bits per heavy atom. The van der Waals surface area contributed by atoms with Gasteiger partial charge in [-0.15, -0.1) is 22.9 Å². The smallest absolute Gasteiger partial charge is 0.0953 e. The minimum absolute atomic E-state index is 0.555. The third kappa shape index (κ3) is 2.76. The normalized spacial score (nSPS) is 11.0. The molecule has 0 aliphatic rings. The number of hydrogen-bond donors (Lipinski definition) is 0. The first-order valence-corrected chi connectivity index (χ1v) is 5.65. The second-order valence-electron chi connectivity index (χ2n) is 3.12. The van der Waals surface area contributed by atoms with Crippen molar-refractivity contribution in [3.8, 4) is 0 Å². The lowest BCUT2D eigenvalue weighted by Gasteiger charge is -1.96. The molecule has 1 heterocycles. The molecular weight excluding hydrogens is 190 g/mol. The lowest BCUT2D eigenvalue weighted by Crippen LogP contribution is -1.89. The van der Waals surface area contributed by atoms with Crippen LogP contribution in [-0.2, 0) is 6.42 Å². The Morgan fingerprint density at radius 2 is 2.33 bits per heavy atom. The lowest BCUT2D eigenvalue weighted by atomic mass is 10.2. The van der Waals surface area contributed by atoms with E-state index >= 15 is 0 Å². The topological polar surface area (TPSA) is 12.9 Å². The van der Waals surface area contributed by atoms with Crippen LogP contribution in [0.4, 0.5) is 0 Å². The summed E-state index contributed by atoms with van der Waals surface area (Å²) in [5.74, 6) is 1.29. The molecule has 0 radical (unpaired) electrons. The van der Waals surface area contributed by atoms with Crippen LogP contribution in [0.5, 0.6) is 0 Å². The number of rotatable bonds is 4. The van der Waals surface area contributed by atoms with E-state index in [1.165, 1.54) is 10.7 Å². The fourth-order valence-electron chi connectivity index (χ4n) is 0.951. The number of thiazole rings is 1. The van der Waals surface area contributed by atoms with Gasteiger partial charge in [-0.1, -0.05) is 13.8 Å². The third-order valence-electron chi connectivity index (χ3n) is 1.63. The molecule has 3 heteroatoms. The highest BCUT2D eigenvalue weighted by atomic mass is 35.5. The van der Waals surface area contributed by atoms with Gasteiger partial charge < -0.3 is 0 Å². The average Bonchev–Trinajstić information content (AvgIpc) is 2.48. The molecule has 1 nitrogen and oxygen atoms in total. The molecule has 1 aromatic rings. The van der Waals surface area contributed by atoms with Gasteiger partial charge in [-0.2, -0.15) is 0 Å². The molecule has 0 atom stereocenters. The predicted octanol–water partition coefficient (Wildman–Crippen LogP) is 3.44. The van der Waals surface area contributed by atoms with Gasteiger partial charge in [-0.25, -0.2) is 4.98 Å². The molecule has 1 rings (SSSR count). The summed E-state index contributed by atoms with van der Waals surface area (Å²) in [4.78, 5) is 4.51. The molecule has 0 saturated carbocycles. The molecule has 0 spiro atoms. The first-order valence-electron chi connectivity index (χ1n) is 4.24. The van der Waals surface area contributed by atoms with Gasteiger partial charge in [0.25, 0.3) is 0 Å². The highest BCUT2D eigenvalue weighted by Gasteiger charge is 2.04. The molecule has 1 aromatic heterocycles. The Hall–Kier alpha value is -0.0800. The standard InChI is InChI=1S/C9H14ClNS/c1-7(2)9-11-8(6-12-9)4-3-5-10/h6-7H,3-5H2,1-2H3. The van der Waals surface area contributed by atoms with Gasteiger partial charge in [-0.3, -0.25) is 0 Å². The van der Waals surface area contributed by atoms with Crippen molar-refractivity contribution < 1.29 is 0 Å². The second-order valence-corrected chi connectivity index (χ2v) is 4.39. The zero-order chi connectivity index (χ0) is 8.97. The summed E-state index contributed by atoms with van der Waals surface area (Å²) in [6.45, 7) is 4.34. The number of halogens is 1. The maximum Gasteiger partial charge on any atom is 0.0953 e. The number of aryl methyl sites for hydroxylation is 1. The van der Waals surface area contributed by atoms with Crippen molar-refractivity contribution >= 4 is 22.9 Å². The van der Waals surface area contributed by atoms with Crippen LogP contribution in [0.3, 0.4) is 0 Å². The Labute approximate surface area is 82.8 Å².